The third kappa shape index (κ3) is 2.92. The molecule has 2 aliphatic rings. The predicted molar refractivity (Wildman–Crippen MR) is 61.9 cm³/mol. The van der Waals surface area contributed by atoms with Crippen molar-refractivity contribution in [1.29, 1.82) is 0 Å². The van der Waals surface area contributed by atoms with Crippen LogP contribution in [-0.4, -0.2) is 48.8 Å². The molecule has 1 heterocycles. The first-order valence-electron chi connectivity index (χ1n) is 6.36. The Labute approximate surface area is 92.8 Å². The van der Waals surface area contributed by atoms with Gasteiger partial charge in [0.05, 0.1) is 6.10 Å². The maximum Gasteiger partial charge on any atom is 0.0695 e. The molecule has 0 radical (unpaired) electrons. The molecule has 0 aromatic carbocycles. The van der Waals surface area contributed by atoms with Crippen LogP contribution in [0.25, 0.3) is 0 Å². The van der Waals surface area contributed by atoms with Crippen molar-refractivity contribution in [3.63, 3.8) is 0 Å². The van der Waals surface area contributed by atoms with E-state index in [-0.39, 0.29) is 6.10 Å². The van der Waals surface area contributed by atoms with Gasteiger partial charge in [-0.2, -0.15) is 0 Å². The third-order valence-electron chi connectivity index (χ3n) is 3.96. The smallest absolute Gasteiger partial charge is 0.0695 e. The maximum atomic E-state index is 9.83. The summed E-state index contributed by atoms with van der Waals surface area (Å²) in [4.78, 5) is 2.38. The van der Waals surface area contributed by atoms with Crippen LogP contribution in [0.5, 0.6) is 0 Å². The van der Waals surface area contributed by atoms with Gasteiger partial charge in [0.2, 0.25) is 0 Å². The SMILES string of the molecule is CN(CC1CCCNC1)C1CCCC1O. The van der Waals surface area contributed by atoms with Crippen molar-refractivity contribution < 1.29 is 5.11 Å². The summed E-state index contributed by atoms with van der Waals surface area (Å²) in [7, 11) is 2.17. The van der Waals surface area contributed by atoms with E-state index in [2.05, 4.69) is 17.3 Å². The molecule has 3 atom stereocenters. The molecule has 0 bridgehead atoms. The van der Waals surface area contributed by atoms with E-state index in [0.717, 1.165) is 25.4 Å². The van der Waals surface area contributed by atoms with E-state index in [9.17, 15) is 5.11 Å². The molecule has 2 fully saturated rings. The molecule has 3 unspecified atom stereocenters. The first-order chi connectivity index (χ1) is 7.27. The monoisotopic (exact) mass is 212 g/mol. The molecule has 2 rings (SSSR count). The number of nitrogens with zero attached hydrogens (tertiary/aromatic N) is 1. The van der Waals surface area contributed by atoms with E-state index in [1.54, 1.807) is 0 Å². The molecule has 3 nitrogen and oxygen atoms in total. The van der Waals surface area contributed by atoms with Crippen LogP contribution < -0.4 is 5.32 Å². The van der Waals surface area contributed by atoms with Gasteiger partial charge in [-0.05, 0) is 58.2 Å². The Hall–Kier alpha value is -0.120. The standard InChI is InChI=1S/C12H24N2O/c1-14(11-5-2-6-12(11)15)9-10-4-3-7-13-8-10/h10-13,15H,2-9H2,1H3. The van der Waals surface area contributed by atoms with Crippen molar-refractivity contribution in [1.82, 2.24) is 10.2 Å². The van der Waals surface area contributed by atoms with Crippen LogP contribution in [0.1, 0.15) is 32.1 Å². The molecule has 1 aliphatic heterocycles. The maximum absolute atomic E-state index is 9.83. The number of rotatable bonds is 3. The molecule has 3 heteroatoms. The summed E-state index contributed by atoms with van der Waals surface area (Å²) in [5, 5.41) is 13.3. The molecule has 1 aliphatic carbocycles. The summed E-state index contributed by atoms with van der Waals surface area (Å²) in [6.07, 6.45) is 5.95. The van der Waals surface area contributed by atoms with Crippen LogP contribution in [0.4, 0.5) is 0 Å². The van der Waals surface area contributed by atoms with Crippen molar-refractivity contribution in [3.8, 4) is 0 Å². The molecule has 0 aromatic heterocycles. The average molecular weight is 212 g/mol. The molecule has 0 spiro atoms. The van der Waals surface area contributed by atoms with Crippen molar-refractivity contribution in [2.75, 3.05) is 26.7 Å². The first kappa shape index (κ1) is 11.4. The van der Waals surface area contributed by atoms with Crippen LogP contribution in [0.15, 0.2) is 0 Å². The van der Waals surface area contributed by atoms with E-state index in [4.69, 9.17) is 0 Å². The van der Waals surface area contributed by atoms with Crippen molar-refractivity contribution >= 4 is 0 Å². The van der Waals surface area contributed by atoms with E-state index < -0.39 is 0 Å². The molecule has 1 saturated carbocycles. The second kappa shape index (κ2) is 5.28. The second-order valence-corrected chi connectivity index (χ2v) is 5.22. The van der Waals surface area contributed by atoms with Crippen molar-refractivity contribution in [2.45, 2.75) is 44.2 Å². The topological polar surface area (TPSA) is 35.5 Å². The zero-order valence-corrected chi connectivity index (χ0v) is 9.78. The minimum Gasteiger partial charge on any atom is -0.391 e. The summed E-state index contributed by atoms with van der Waals surface area (Å²) < 4.78 is 0. The lowest BCUT2D eigenvalue weighted by Crippen LogP contribution is -2.43. The minimum atomic E-state index is -0.0773. The summed E-state index contributed by atoms with van der Waals surface area (Å²) in [5.41, 5.74) is 0. The number of aliphatic hydroxyl groups is 1. The molecule has 1 saturated heterocycles. The van der Waals surface area contributed by atoms with Crippen LogP contribution in [0.3, 0.4) is 0 Å². The number of likely N-dealkylation sites (N-methyl/N-ethyl adjacent to an activating group) is 1. The molecular formula is C12H24N2O. The fraction of sp³-hybridized carbons (Fsp3) is 1.00. The van der Waals surface area contributed by atoms with Crippen LogP contribution in [0.2, 0.25) is 0 Å². The minimum absolute atomic E-state index is 0.0773. The molecule has 0 aromatic rings. The lowest BCUT2D eigenvalue weighted by atomic mass is 9.98. The lowest BCUT2D eigenvalue weighted by Gasteiger charge is -2.32. The summed E-state index contributed by atoms with van der Waals surface area (Å²) in [6.45, 7) is 3.49. The van der Waals surface area contributed by atoms with Crippen LogP contribution in [0, 0.1) is 5.92 Å². The third-order valence-corrected chi connectivity index (χ3v) is 3.96. The van der Waals surface area contributed by atoms with Gasteiger partial charge in [-0.25, -0.2) is 0 Å². The van der Waals surface area contributed by atoms with E-state index in [0.29, 0.717) is 6.04 Å². The highest BCUT2D eigenvalue weighted by Gasteiger charge is 2.29. The Morgan fingerprint density at radius 2 is 2.13 bits per heavy atom. The van der Waals surface area contributed by atoms with Gasteiger partial charge in [0.1, 0.15) is 0 Å². The molecule has 88 valence electrons. The Bertz CT molecular complexity index is 192. The highest BCUT2D eigenvalue weighted by atomic mass is 16.3. The predicted octanol–water partition coefficient (Wildman–Crippen LogP) is 0.831. The van der Waals surface area contributed by atoms with Crippen LogP contribution in [-0.2, 0) is 0 Å². The Balaban J connectivity index is 1.77. The molecule has 2 N–H and O–H groups in total. The fourth-order valence-corrected chi connectivity index (χ4v) is 3.06. The van der Waals surface area contributed by atoms with Gasteiger partial charge in [-0.3, -0.25) is 0 Å². The van der Waals surface area contributed by atoms with Gasteiger partial charge in [-0.15, -0.1) is 0 Å². The second-order valence-electron chi connectivity index (χ2n) is 5.22. The quantitative estimate of drug-likeness (QED) is 0.727. The van der Waals surface area contributed by atoms with Gasteiger partial charge >= 0.3 is 0 Å². The van der Waals surface area contributed by atoms with Crippen molar-refractivity contribution in [3.05, 3.63) is 0 Å². The molecule has 15 heavy (non-hydrogen) atoms. The number of aliphatic hydroxyl groups excluding tert-OH is 1. The van der Waals surface area contributed by atoms with Crippen LogP contribution >= 0.6 is 0 Å². The van der Waals surface area contributed by atoms with E-state index in [1.807, 2.05) is 0 Å². The van der Waals surface area contributed by atoms with E-state index in [1.165, 1.54) is 32.2 Å². The highest BCUT2D eigenvalue weighted by Crippen LogP contribution is 2.24. The number of nitrogens with one attached hydrogen (secondary N) is 1. The zero-order chi connectivity index (χ0) is 10.7. The highest BCUT2D eigenvalue weighted by molar-refractivity contribution is 4.85. The largest absolute Gasteiger partial charge is 0.391 e. The zero-order valence-electron chi connectivity index (χ0n) is 9.78. The first-order valence-corrected chi connectivity index (χ1v) is 6.36. The van der Waals surface area contributed by atoms with Gasteiger partial charge in [0.25, 0.3) is 0 Å². The summed E-state index contributed by atoms with van der Waals surface area (Å²) >= 11 is 0. The summed E-state index contributed by atoms with van der Waals surface area (Å²) in [6, 6.07) is 0.423. The van der Waals surface area contributed by atoms with E-state index >= 15 is 0 Å². The Morgan fingerprint density at radius 1 is 1.27 bits per heavy atom. The Kier molecular flexibility index (Phi) is 4.00. The Morgan fingerprint density at radius 3 is 2.73 bits per heavy atom. The number of hydrogen-bond donors (Lipinski definition) is 2. The number of hydrogen-bond acceptors (Lipinski definition) is 3. The van der Waals surface area contributed by atoms with Gasteiger partial charge in [-0.1, -0.05) is 0 Å². The lowest BCUT2D eigenvalue weighted by molar-refractivity contribution is 0.0744. The average Bonchev–Trinajstić information content (AvgIpc) is 2.66. The van der Waals surface area contributed by atoms with Gasteiger partial charge in [0, 0.05) is 12.6 Å². The summed E-state index contributed by atoms with van der Waals surface area (Å²) in [5.74, 6) is 0.788. The fourth-order valence-electron chi connectivity index (χ4n) is 3.06. The normalized spacial score (nSPS) is 37.4. The van der Waals surface area contributed by atoms with Gasteiger partial charge in [0.15, 0.2) is 0 Å². The van der Waals surface area contributed by atoms with Crippen molar-refractivity contribution in [2.24, 2.45) is 5.92 Å². The molecular weight excluding hydrogens is 188 g/mol. The van der Waals surface area contributed by atoms with Gasteiger partial charge < -0.3 is 15.3 Å². The number of piperidine rings is 1. The molecule has 0 amide bonds.